The molecule has 0 spiro atoms. The summed E-state index contributed by atoms with van der Waals surface area (Å²) in [5.41, 5.74) is 2.12. The first kappa shape index (κ1) is 16.6. The van der Waals surface area contributed by atoms with Gasteiger partial charge in [-0.1, -0.05) is 24.3 Å². The molecule has 0 bridgehead atoms. The number of ether oxygens (including phenoxy) is 1. The fourth-order valence-corrected chi connectivity index (χ4v) is 3.30. The molecule has 0 unspecified atom stereocenters. The molecule has 0 fully saturated rings. The summed E-state index contributed by atoms with van der Waals surface area (Å²) in [6.45, 7) is 3.99. The van der Waals surface area contributed by atoms with Crippen molar-refractivity contribution in [3.8, 4) is 16.2 Å². The van der Waals surface area contributed by atoms with Gasteiger partial charge in [0.15, 0.2) is 0 Å². The maximum Gasteiger partial charge on any atom is 0.127 e. The summed E-state index contributed by atoms with van der Waals surface area (Å²) in [6, 6.07) is 14.5. The van der Waals surface area contributed by atoms with Crippen molar-refractivity contribution in [2.75, 3.05) is 6.61 Å². The number of nitrogens with zero attached hydrogens (tertiary/aromatic N) is 1. The second-order valence-corrected chi connectivity index (χ2v) is 6.39. The highest BCUT2D eigenvalue weighted by Crippen LogP contribution is 2.33. The summed E-state index contributed by atoms with van der Waals surface area (Å²) in [7, 11) is 0. The van der Waals surface area contributed by atoms with Crippen molar-refractivity contribution in [3.63, 3.8) is 0 Å². The maximum atomic E-state index is 12.9. The Morgan fingerprint density at radius 3 is 2.67 bits per heavy atom. The number of aromatic nitrogens is 1. The van der Waals surface area contributed by atoms with Gasteiger partial charge in [0.25, 0.3) is 0 Å². The predicted molar refractivity (Wildman–Crippen MR) is 95.7 cm³/mol. The molecule has 0 saturated carbocycles. The van der Waals surface area contributed by atoms with Crippen LogP contribution in [-0.2, 0) is 13.1 Å². The maximum absolute atomic E-state index is 12.9. The summed E-state index contributed by atoms with van der Waals surface area (Å²) in [5.74, 6) is 0.672. The highest BCUT2D eigenvalue weighted by molar-refractivity contribution is 7.15. The number of para-hydroxylation sites is 1. The third-order valence-electron chi connectivity index (χ3n) is 3.52. The minimum absolute atomic E-state index is 0.212. The summed E-state index contributed by atoms with van der Waals surface area (Å²) >= 11 is 1.65. The van der Waals surface area contributed by atoms with Crippen molar-refractivity contribution in [2.45, 2.75) is 20.0 Å². The highest BCUT2D eigenvalue weighted by Gasteiger charge is 2.09. The topological polar surface area (TPSA) is 34.1 Å². The number of rotatable bonds is 7. The van der Waals surface area contributed by atoms with Gasteiger partial charge in [0, 0.05) is 24.8 Å². The van der Waals surface area contributed by atoms with Gasteiger partial charge in [-0.2, -0.15) is 0 Å². The van der Waals surface area contributed by atoms with Gasteiger partial charge in [0.05, 0.1) is 11.5 Å². The molecule has 0 aliphatic heterocycles. The quantitative estimate of drug-likeness (QED) is 0.679. The van der Waals surface area contributed by atoms with Crippen molar-refractivity contribution in [3.05, 3.63) is 71.1 Å². The Bertz CT molecular complexity index is 786. The van der Waals surface area contributed by atoms with Crippen LogP contribution in [0.3, 0.4) is 0 Å². The smallest absolute Gasteiger partial charge is 0.127 e. The average Bonchev–Trinajstić information content (AvgIpc) is 3.06. The van der Waals surface area contributed by atoms with Crippen molar-refractivity contribution in [1.82, 2.24) is 10.3 Å². The van der Waals surface area contributed by atoms with E-state index in [0.29, 0.717) is 19.7 Å². The zero-order valence-electron chi connectivity index (χ0n) is 13.5. The zero-order valence-corrected chi connectivity index (χ0v) is 14.3. The molecule has 2 aromatic carbocycles. The minimum atomic E-state index is -0.212. The Morgan fingerprint density at radius 2 is 1.88 bits per heavy atom. The molecule has 0 saturated heterocycles. The van der Waals surface area contributed by atoms with Crippen LogP contribution in [0.5, 0.6) is 5.75 Å². The van der Waals surface area contributed by atoms with Crippen LogP contribution in [0.4, 0.5) is 4.39 Å². The lowest BCUT2D eigenvalue weighted by Gasteiger charge is -2.07. The van der Waals surface area contributed by atoms with Crippen LogP contribution in [0.2, 0.25) is 0 Å². The molecular weight excluding hydrogens is 323 g/mol. The lowest BCUT2D eigenvalue weighted by atomic mass is 10.2. The number of hydrogen-bond acceptors (Lipinski definition) is 4. The summed E-state index contributed by atoms with van der Waals surface area (Å²) < 4.78 is 18.6. The summed E-state index contributed by atoms with van der Waals surface area (Å²) in [5, 5.41) is 4.35. The Morgan fingerprint density at radius 1 is 1.08 bits per heavy atom. The molecule has 3 aromatic rings. The molecule has 1 heterocycles. The second kappa shape index (κ2) is 8.04. The van der Waals surface area contributed by atoms with Crippen LogP contribution in [0.15, 0.2) is 54.7 Å². The lowest BCUT2D eigenvalue weighted by molar-refractivity contribution is 0.341. The fraction of sp³-hybridized carbons (Fsp3) is 0.211. The predicted octanol–water partition coefficient (Wildman–Crippen LogP) is 4.64. The van der Waals surface area contributed by atoms with Crippen molar-refractivity contribution >= 4 is 11.3 Å². The van der Waals surface area contributed by atoms with E-state index in [1.807, 2.05) is 37.4 Å². The van der Waals surface area contributed by atoms with Crippen LogP contribution in [0, 0.1) is 5.82 Å². The van der Waals surface area contributed by atoms with E-state index in [1.54, 1.807) is 23.5 Å². The van der Waals surface area contributed by atoms with Crippen LogP contribution in [0.25, 0.3) is 10.4 Å². The molecule has 1 aromatic heterocycles. The van der Waals surface area contributed by atoms with Crippen LogP contribution in [0.1, 0.15) is 17.5 Å². The normalized spacial score (nSPS) is 10.8. The van der Waals surface area contributed by atoms with E-state index in [2.05, 4.69) is 10.3 Å². The summed E-state index contributed by atoms with van der Waals surface area (Å²) in [4.78, 5) is 5.57. The highest BCUT2D eigenvalue weighted by atomic mass is 32.1. The van der Waals surface area contributed by atoms with Gasteiger partial charge < -0.3 is 10.1 Å². The first-order chi connectivity index (χ1) is 11.8. The number of thiazole rings is 1. The van der Waals surface area contributed by atoms with E-state index >= 15 is 0 Å². The molecule has 3 rings (SSSR count). The monoisotopic (exact) mass is 342 g/mol. The van der Waals surface area contributed by atoms with E-state index in [-0.39, 0.29) is 5.82 Å². The van der Waals surface area contributed by atoms with E-state index < -0.39 is 0 Å². The molecule has 0 aliphatic rings. The molecule has 124 valence electrons. The average molecular weight is 342 g/mol. The van der Waals surface area contributed by atoms with Crippen LogP contribution < -0.4 is 10.1 Å². The molecule has 1 N–H and O–H groups in total. The Labute approximate surface area is 145 Å². The van der Waals surface area contributed by atoms with E-state index in [4.69, 9.17) is 4.74 Å². The SMILES string of the molecule is CCOc1ccccc1-c1cnc(CNCc2ccc(F)cc2)s1. The Balaban J connectivity index is 1.62. The Kier molecular flexibility index (Phi) is 5.56. The third kappa shape index (κ3) is 4.19. The molecule has 0 radical (unpaired) electrons. The summed E-state index contributed by atoms with van der Waals surface area (Å²) in [6.07, 6.45) is 1.89. The standard InChI is InChI=1S/C19H19FN2OS/c1-2-23-17-6-4-3-5-16(17)18-12-22-19(24-18)13-21-11-14-7-9-15(20)10-8-14/h3-10,12,21H,2,11,13H2,1H3. The number of hydrogen-bond donors (Lipinski definition) is 1. The number of halogens is 1. The van der Waals surface area contributed by atoms with Crippen molar-refractivity contribution in [1.29, 1.82) is 0 Å². The van der Waals surface area contributed by atoms with E-state index in [0.717, 1.165) is 26.8 Å². The van der Waals surface area contributed by atoms with E-state index in [1.165, 1.54) is 12.1 Å². The largest absolute Gasteiger partial charge is 0.493 e. The van der Waals surface area contributed by atoms with Crippen molar-refractivity contribution < 1.29 is 9.13 Å². The van der Waals surface area contributed by atoms with Gasteiger partial charge in [-0.15, -0.1) is 11.3 Å². The number of benzene rings is 2. The molecule has 5 heteroatoms. The first-order valence-electron chi connectivity index (χ1n) is 7.88. The van der Waals surface area contributed by atoms with Gasteiger partial charge in [-0.3, -0.25) is 0 Å². The fourth-order valence-electron chi connectivity index (χ4n) is 2.38. The first-order valence-corrected chi connectivity index (χ1v) is 8.70. The van der Waals surface area contributed by atoms with Crippen LogP contribution in [-0.4, -0.2) is 11.6 Å². The second-order valence-electron chi connectivity index (χ2n) is 5.28. The molecule has 0 amide bonds. The van der Waals surface area contributed by atoms with Gasteiger partial charge in [-0.05, 0) is 36.8 Å². The van der Waals surface area contributed by atoms with Crippen molar-refractivity contribution in [2.24, 2.45) is 0 Å². The molecule has 0 aliphatic carbocycles. The van der Waals surface area contributed by atoms with Gasteiger partial charge in [-0.25, -0.2) is 9.37 Å². The zero-order chi connectivity index (χ0) is 16.8. The van der Waals surface area contributed by atoms with Gasteiger partial charge in [0.1, 0.15) is 16.6 Å². The Hall–Kier alpha value is -2.24. The molecular formula is C19H19FN2OS. The molecule has 24 heavy (non-hydrogen) atoms. The lowest BCUT2D eigenvalue weighted by Crippen LogP contribution is -2.12. The third-order valence-corrected chi connectivity index (χ3v) is 4.56. The van der Waals surface area contributed by atoms with E-state index in [9.17, 15) is 4.39 Å². The number of nitrogens with one attached hydrogen (secondary N) is 1. The molecule has 0 atom stereocenters. The molecule has 3 nitrogen and oxygen atoms in total. The van der Waals surface area contributed by atoms with Gasteiger partial charge >= 0.3 is 0 Å². The van der Waals surface area contributed by atoms with Crippen LogP contribution >= 0.6 is 11.3 Å². The van der Waals surface area contributed by atoms with Gasteiger partial charge in [0.2, 0.25) is 0 Å². The minimum Gasteiger partial charge on any atom is -0.493 e.